The Morgan fingerprint density at radius 3 is 2.42 bits per heavy atom. The van der Waals surface area contributed by atoms with Gasteiger partial charge in [-0.2, -0.15) is 0 Å². The highest BCUT2D eigenvalue weighted by molar-refractivity contribution is 6.38. The van der Waals surface area contributed by atoms with Gasteiger partial charge in [-0.25, -0.2) is 9.59 Å². The molecule has 0 saturated heterocycles. The average molecular weight is 336 g/mol. The summed E-state index contributed by atoms with van der Waals surface area (Å²) in [5.74, 6) is -3.43. The minimum Gasteiger partial charge on any atom is -0.460 e. The smallest absolute Gasteiger partial charge is 0.412 e. The number of carbonyl (C=O) groups is 4. The normalized spacial score (nSPS) is 12.0. The van der Waals surface area contributed by atoms with Crippen molar-refractivity contribution in [3.8, 4) is 0 Å². The topological polar surface area (TPSA) is 112 Å². The Labute approximate surface area is 139 Å². The Hall–Kier alpha value is -2.77. The van der Waals surface area contributed by atoms with E-state index in [0.29, 0.717) is 12.0 Å². The molecule has 1 rings (SSSR count). The number of Topliss-reactive ketones (excluding diaryl/α,β-unsaturated/α-hetero) is 1. The van der Waals surface area contributed by atoms with Gasteiger partial charge in [-0.3, -0.25) is 15.1 Å². The minimum absolute atomic E-state index is 0.0301. The first kappa shape index (κ1) is 19.3. The van der Waals surface area contributed by atoms with E-state index in [1.54, 1.807) is 27.7 Å². The number of esters is 1. The SMILES string of the molecule is CCOC(=O)C(=O)C(C=O)c1ccc(NC(=O)OC(C)(C)C)cn1. The highest BCUT2D eigenvalue weighted by Gasteiger charge is 2.28. The lowest BCUT2D eigenvalue weighted by Crippen LogP contribution is -2.27. The second-order valence-electron chi connectivity index (χ2n) is 5.80. The summed E-state index contributed by atoms with van der Waals surface area (Å²) >= 11 is 0. The summed E-state index contributed by atoms with van der Waals surface area (Å²) in [5, 5.41) is 2.47. The molecule has 8 nitrogen and oxygen atoms in total. The number of ether oxygens (including phenoxy) is 2. The molecule has 130 valence electrons. The van der Waals surface area contributed by atoms with Crippen molar-refractivity contribution in [1.29, 1.82) is 0 Å². The number of anilines is 1. The third-order valence-corrected chi connectivity index (χ3v) is 2.65. The summed E-state index contributed by atoms with van der Waals surface area (Å²) in [4.78, 5) is 50.0. The second kappa shape index (κ2) is 8.19. The van der Waals surface area contributed by atoms with Crippen LogP contribution in [0, 0.1) is 0 Å². The molecule has 1 amide bonds. The van der Waals surface area contributed by atoms with Gasteiger partial charge in [-0.1, -0.05) is 0 Å². The van der Waals surface area contributed by atoms with Gasteiger partial charge in [0, 0.05) is 0 Å². The molecule has 0 aliphatic rings. The van der Waals surface area contributed by atoms with Gasteiger partial charge in [0.15, 0.2) is 0 Å². The average Bonchev–Trinajstić information content (AvgIpc) is 2.47. The predicted molar refractivity (Wildman–Crippen MR) is 84.5 cm³/mol. The lowest BCUT2D eigenvalue weighted by atomic mass is 10.0. The molecule has 0 fully saturated rings. The lowest BCUT2D eigenvalue weighted by molar-refractivity contribution is -0.154. The lowest BCUT2D eigenvalue weighted by Gasteiger charge is -2.19. The first-order valence-corrected chi connectivity index (χ1v) is 7.30. The van der Waals surface area contributed by atoms with Crippen LogP contribution in [0.5, 0.6) is 0 Å². The van der Waals surface area contributed by atoms with Gasteiger partial charge in [-0.15, -0.1) is 0 Å². The second-order valence-corrected chi connectivity index (χ2v) is 5.80. The van der Waals surface area contributed by atoms with E-state index in [4.69, 9.17) is 4.74 Å². The Balaban J connectivity index is 2.81. The van der Waals surface area contributed by atoms with E-state index in [-0.39, 0.29) is 12.3 Å². The maximum absolute atomic E-state index is 11.8. The fraction of sp³-hybridized carbons (Fsp3) is 0.438. The van der Waals surface area contributed by atoms with Crippen molar-refractivity contribution >= 4 is 29.8 Å². The Morgan fingerprint density at radius 1 is 1.29 bits per heavy atom. The zero-order valence-corrected chi connectivity index (χ0v) is 14.0. The van der Waals surface area contributed by atoms with E-state index in [9.17, 15) is 19.2 Å². The van der Waals surface area contributed by atoms with E-state index in [1.165, 1.54) is 18.3 Å². The molecule has 0 radical (unpaired) electrons. The Morgan fingerprint density at radius 2 is 1.96 bits per heavy atom. The number of carbonyl (C=O) groups excluding carboxylic acids is 4. The van der Waals surface area contributed by atoms with Crippen molar-refractivity contribution < 1.29 is 28.7 Å². The van der Waals surface area contributed by atoms with E-state index < -0.39 is 29.4 Å². The third kappa shape index (κ3) is 5.79. The predicted octanol–water partition coefficient (Wildman–Crippen LogP) is 1.84. The van der Waals surface area contributed by atoms with Crippen LogP contribution in [0.15, 0.2) is 18.3 Å². The van der Waals surface area contributed by atoms with Gasteiger partial charge in [0.05, 0.1) is 24.2 Å². The number of aldehydes is 1. The maximum Gasteiger partial charge on any atom is 0.412 e. The number of ketones is 1. The molecular weight excluding hydrogens is 316 g/mol. The van der Waals surface area contributed by atoms with E-state index in [1.807, 2.05) is 0 Å². The van der Waals surface area contributed by atoms with Gasteiger partial charge < -0.3 is 14.3 Å². The standard InChI is InChI=1S/C16H20N2O6/c1-5-23-14(21)13(20)11(9-19)12-7-6-10(8-17-12)18-15(22)24-16(2,3)4/h6-9,11H,5H2,1-4H3,(H,18,22). The van der Waals surface area contributed by atoms with Crippen LogP contribution < -0.4 is 5.32 Å². The van der Waals surface area contributed by atoms with Gasteiger partial charge in [0.2, 0.25) is 0 Å². The molecule has 1 aromatic heterocycles. The molecule has 0 spiro atoms. The van der Waals surface area contributed by atoms with Crippen molar-refractivity contribution in [3.63, 3.8) is 0 Å². The summed E-state index contributed by atoms with van der Waals surface area (Å²) in [6.07, 6.45) is 0.920. The fourth-order valence-electron chi connectivity index (χ4n) is 1.68. The third-order valence-electron chi connectivity index (χ3n) is 2.65. The van der Waals surface area contributed by atoms with Gasteiger partial charge in [-0.05, 0) is 39.8 Å². The first-order chi connectivity index (χ1) is 11.2. The van der Waals surface area contributed by atoms with E-state index >= 15 is 0 Å². The summed E-state index contributed by atoms with van der Waals surface area (Å²) < 4.78 is 9.67. The molecule has 24 heavy (non-hydrogen) atoms. The zero-order chi connectivity index (χ0) is 18.3. The summed E-state index contributed by atoms with van der Waals surface area (Å²) in [6, 6.07) is 2.81. The highest BCUT2D eigenvalue weighted by atomic mass is 16.6. The number of nitrogens with one attached hydrogen (secondary N) is 1. The fourth-order valence-corrected chi connectivity index (χ4v) is 1.68. The van der Waals surface area contributed by atoms with Crippen LogP contribution in [0.2, 0.25) is 0 Å². The number of pyridine rings is 1. The molecule has 0 aliphatic carbocycles. The van der Waals surface area contributed by atoms with Crippen molar-refractivity contribution in [2.75, 3.05) is 11.9 Å². The molecular formula is C16H20N2O6. The first-order valence-electron chi connectivity index (χ1n) is 7.30. The van der Waals surface area contributed by atoms with E-state index in [2.05, 4.69) is 15.0 Å². The molecule has 0 aromatic carbocycles. The van der Waals surface area contributed by atoms with Crippen LogP contribution in [-0.2, 0) is 23.9 Å². The molecule has 1 unspecified atom stereocenters. The Bertz CT molecular complexity index is 618. The van der Waals surface area contributed by atoms with Crippen LogP contribution in [0.3, 0.4) is 0 Å². The summed E-state index contributed by atoms with van der Waals surface area (Å²) in [5.41, 5.74) is -0.245. The quantitative estimate of drug-likeness (QED) is 0.365. The number of rotatable bonds is 6. The van der Waals surface area contributed by atoms with Crippen LogP contribution in [0.25, 0.3) is 0 Å². The van der Waals surface area contributed by atoms with Crippen molar-refractivity contribution in [3.05, 3.63) is 24.0 Å². The number of aromatic nitrogens is 1. The van der Waals surface area contributed by atoms with Crippen LogP contribution >= 0.6 is 0 Å². The number of nitrogens with zero attached hydrogens (tertiary/aromatic N) is 1. The molecule has 0 aliphatic heterocycles. The van der Waals surface area contributed by atoms with E-state index in [0.717, 1.165) is 0 Å². The monoisotopic (exact) mass is 336 g/mol. The number of hydrogen-bond acceptors (Lipinski definition) is 7. The number of hydrogen-bond donors (Lipinski definition) is 1. The van der Waals surface area contributed by atoms with Crippen LogP contribution in [-0.4, -0.2) is 41.3 Å². The zero-order valence-electron chi connectivity index (χ0n) is 14.0. The molecule has 0 saturated carbocycles. The summed E-state index contributed by atoms with van der Waals surface area (Å²) in [7, 11) is 0. The van der Waals surface area contributed by atoms with Crippen molar-refractivity contribution in [2.45, 2.75) is 39.2 Å². The molecule has 1 heterocycles. The molecule has 0 bridgehead atoms. The largest absolute Gasteiger partial charge is 0.460 e. The minimum atomic E-state index is -1.35. The van der Waals surface area contributed by atoms with Crippen LogP contribution in [0.4, 0.5) is 10.5 Å². The Kier molecular flexibility index (Phi) is 6.58. The molecule has 1 N–H and O–H groups in total. The van der Waals surface area contributed by atoms with Gasteiger partial charge in [0.1, 0.15) is 17.8 Å². The van der Waals surface area contributed by atoms with Crippen molar-refractivity contribution in [1.82, 2.24) is 4.98 Å². The summed E-state index contributed by atoms with van der Waals surface area (Å²) in [6.45, 7) is 6.76. The molecule has 1 atom stereocenters. The maximum atomic E-state index is 11.8. The van der Waals surface area contributed by atoms with Crippen molar-refractivity contribution in [2.24, 2.45) is 0 Å². The molecule has 8 heteroatoms. The van der Waals surface area contributed by atoms with Gasteiger partial charge >= 0.3 is 12.1 Å². The number of amides is 1. The molecule has 1 aromatic rings. The highest BCUT2D eigenvalue weighted by Crippen LogP contribution is 2.16. The van der Waals surface area contributed by atoms with Crippen LogP contribution in [0.1, 0.15) is 39.3 Å². The van der Waals surface area contributed by atoms with Gasteiger partial charge in [0.25, 0.3) is 5.78 Å².